The highest BCUT2D eigenvalue weighted by Crippen LogP contribution is 2.15. The van der Waals surface area contributed by atoms with E-state index < -0.39 is 0 Å². The number of nitriles is 1. The second-order valence-electron chi connectivity index (χ2n) is 2.97. The molecule has 0 unspecified atom stereocenters. The highest BCUT2D eigenvalue weighted by Gasteiger charge is 2.19. The molecular weight excluding hydrogens is 128 g/mol. The van der Waals surface area contributed by atoms with Crippen molar-refractivity contribution in [1.82, 2.24) is 0 Å². The van der Waals surface area contributed by atoms with Crippen LogP contribution in [0.2, 0.25) is 0 Å². The third-order valence-electron chi connectivity index (χ3n) is 0.986. The molecule has 0 atom stereocenters. The molecule has 0 fully saturated rings. The van der Waals surface area contributed by atoms with Crippen molar-refractivity contribution in [3.8, 4) is 6.19 Å². The molecule has 0 aliphatic rings. The summed E-state index contributed by atoms with van der Waals surface area (Å²) in [6.07, 6.45) is 1.69. The summed E-state index contributed by atoms with van der Waals surface area (Å²) < 4.78 is 4.88. The number of aliphatic imine (C=N–C) groups is 1. The molecule has 0 rings (SSSR count). The Kier molecular flexibility index (Phi) is 2.88. The van der Waals surface area contributed by atoms with Crippen LogP contribution in [-0.4, -0.2) is 13.0 Å². The predicted molar refractivity (Wildman–Crippen MR) is 39.5 cm³/mol. The van der Waals surface area contributed by atoms with Crippen LogP contribution >= 0.6 is 0 Å². The lowest BCUT2D eigenvalue weighted by Crippen LogP contribution is -2.21. The minimum atomic E-state index is -0.176. The summed E-state index contributed by atoms with van der Waals surface area (Å²) in [5, 5.41) is 8.21. The van der Waals surface area contributed by atoms with Gasteiger partial charge in [-0.05, 0) is 0 Å². The van der Waals surface area contributed by atoms with E-state index in [0.717, 1.165) is 0 Å². The number of methoxy groups -OCH3 is 1. The second-order valence-corrected chi connectivity index (χ2v) is 2.97. The normalized spacial score (nSPS) is 12.5. The Morgan fingerprint density at radius 1 is 1.50 bits per heavy atom. The summed E-state index contributed by atoms with van der Waals surface area (Å²) in [5.41, 5.74) is -0.176. The number of hydrogen-bond donors (Lipinski definition) is 0. The lowest BCUT2D eigenvalue weighted by atomic mass is 9.97. The molecule has 0 aliphatic carbocycles. The Morgan fingerprint density at radius 2 is 2.00 bits per heavy atom. The first-order chi connectivity index (χ1) is 4.52. The van der Waals surface area contributed by atoms with Crippen LogP contribution < -0.4 is 0 Å². The molecule has 3 nitrogen and oxygen atoms in total. The minimum absolute atomic E-state index is 0.176. The predicted octanol–water partition coefficient (Wildman–Crippen LogP) is 1.56. The molecule has 0 radical (unpaired) electrons. The average molecular weight is 140 g/mol. The zero-order chi connectivity index (χ0) is 8.20. The van der Waals surface area contributed by atoms with Crippen molar-refractivity contribution in [2.75, 3.05) is 7.11 Å². The average Bonchev–Trinajstić information content (AvgIpc) is 1.80. The quantitative estimate of drug-likeness (QED) is 0.291. The van der Waals surface area contributed by atoms with Gasteiger partial charge in [0.05, 0.1) is 7.11 Å². The van der Waals surface area contributed by atoms with E-state index in [-0.39, 0.29) is 5.41 Å². The third-order valence-corrected chi connectivity index (χ3v) is 0.986. The van der Waals surface area contributed by atoms with Gasteiger partial charge in [0.25, 0.3) is 0 Å². The Bertz CT molecular complexity index is 171. The van der Waals surface area contributed by atoms with Gasteiger partial charge in [-0.25, -0.2) is 0 Å². The molecule has 0 heterocycles. The lowest BCUT2D eigenvalue weighted by Gasteiger charge is -2.17. The van der Waals surface area contributed by atoms with Gasteiger partial charge in [-0.1, -0.05) is 20.8 Å². The lowest BCUT2D eigenvalue weighted by molar-refractivity contribution is 0.337. The summed E-state index contributed by atoms with van der Waals surface area (Å²) in [4.78, 5) is 3.51. The monoisotopic (exact) mass is 140 g/mol. The molecule has 10 heavy (non-hydrogen) atoms. The molecule has 0 aromatic rings. The Morgan fingerprint density at radius 3 is 2.10 bits per heavy atom. The van der Waals surface area contributed by atoms with Crippen molar-refractivity contribution in [2.24, 2.45) is 10.4 Å². The van der Waals surface area contributed by atoms with Gasteiger partial charge in [-0.15, -0.1) is 4.99 Å². The van der Waals surface area contributed by atoms with Gasteiger partial charge in [0.15, 0.2) is 0 Å². The molecule has 0 spiro atoms. The van der Waals surface area contributed by atoms with Crippen LogP contribution in [0.5, 0.6) is 0 Å². The van der Waals surface area contributed by atoms with Crippen LogP contribution in [0.15, 0.2) is 4.99 Å². The Balaban J connectivity index is 4.41. The van der Waals surface area contributed by atoms with Gasteiger partial charge in [-0.2, -0.15) is 5.26 Å². The number of nitrogens with zero attached hydrogens (tertiary/aromatic N) is 2. The van der Waals surface area contributed by atoms with E-state index in [4.69, 9.17) is 10.00 Å². The van der Waals surface area contributed by atoms with Crippen LogP contribution in [0.25, 0.3) is 0 Å². The zero-order valence-electron chi connectivity index (χ0n) is 6.80. The van der Waals surface area contributed by atoms with Crippen molar-refractivity contribution in [3.05, 3.63) is 0 Å². The highest BCUT2D eigenvalue weighted by molar-refractivity contribution is 5.82. The topological polar surface area (TPSA) is 45.4 Å². The molecule has 56 valence electrons. The maximum absolute atomic E-state index is 8.21. The summed E-state index contributed by atoms with van der Waals surface area (Å²) in [7, 11) is 1.52. The van der Waals surface area contributed by atoms with Crippen LogP contribution in [-0.2, 0) is 4.74 Å². The largest absolute Gasteiger partial charge is 0.483 e. The van der Waals surface area contributed by atoms with E-state index in [1.807, 2.05) is 20.8 Å². The zero-order valence-corrected chi connectivity index (χ0v) is 6.80. The van der Waals surface area contributed by atoms with E-state index in [1.165, 1.54) is 7.11 Å². The van der Waals surface area contributed by atoms with Gasteiger partial charge in [0.1, 0.15) is 0 Å². The number of hydrogen-bond acceptors (Lipinski definition) is 3. The molecule has 0 aromatic carbocycles. The fraction of sp³-hybridized carbons (Fsp3) is 0.714. The van der Waals surface area contributed by atoms with Crippen LogP contribution in [0, 0.1) is 16.9 Å². The van der Waals surface area contributed by atoms with E-state index in [2.05, 4.69) is 4.99 Å². The van der Waals surface area contributed by atoms with Crippen molar-refractivity contribution in [1.29, 1.82) is 5.26 Å². The molecule has 0 bridgehead atoms. The molecule has 0 aromatic heterocycles. The Labute approximate surface area is 61.3 Å². The number of rotatable bonds is 0. The maximum Gasteiger partial charge on any atom is 0.208 e. The first-order valence-electron chi connectivity index (χ1n) is 3.03. The van der Waals surface area contributed by atoms with Crippen molar-refractivity contribution in [2.45, 2.75) is 20.8 Å². The van der Waals surface area contributed by atoms with Crippen LogP contribution in [0.3, 0.4) is 0 Å². The fourth-order valence-corrected chi connectivity index (χ4v) is 0.565. The van der Waals surface area contributed by atoms with E-state index in [0.29, 0.717) is 5.90 Å². The van der Waals surface area contributed by atoms with Gasteiger partial charge >= 0.3 is 0 Å². The van der Waals surface area contributed by atoms with Crippen molar-refractivity contribution < 1.29 is 4.74 Å². The van der Waals surface area contributed by atoms with Gasteiger partial charge in [0.2, 0.25) is 12.1 Å². The smallest absolute Gasteiger partial charge is 0.208 e. The first-order valence-corrected chi connectivity index (χ1v) is 3.03. The van der Waals surface area contributed by atoms with E-state index >= 15 is 0 Å². The molecule has 0 amide bonds. The van der Waals surface area contributed by atoms with E-state index in [1.54, 1.807) is 6.19 Å². The fourth-order valence-electron chi connectivity index (χ4n) is 0.565. The number of ether oxygens (including phenoxy) is 1. The SMILES string of the molecule is COC(=NC#N)C(C)(C)C. The van der Waals surface area contributed by atoms with Gasteiger partial charge < -0.3 is 4.74 Å². The minimum Gasteiger partial charge on any atom is -0.483 e. The van der Waals surface area contributed by atoms with Crippen molar-refractivity contribution >= 4 is 5.90 Å². The first kappa shape index (κ1) is 8.96. The van der Waals surface area contributed by atoms with Crippen LogP contribution in [0.4, 0.5) is 0 Å². The highest BCUT2D eigenvalue weighted by atomic mass is 16.5. The maximum atomic E-state index is 8.21. The molecule has 3 heteroatoms. The summed E-state index contributed by atoms with van der Waals surface area (Å²) in [6, 6.07) is 0. The van der Waals surface area contributed by atoms with Crippen LogP contribution in [0.1, 0.15) is 20.8 Å². The van der Waals surface area contributed by atoms with E-state index in [9.17, 15) is 0 Å². The van der Waals surface area contributed by atoms with Gasteiger partial charge in [-0.3, -0.25) is 0 Å². The third kappa shape index (κ3) is 2.49. The molecule has 0 saturated heterocycles. The summed E-state index contributed by atoms with van der Waals surface area (Å²) >= 11 is 0. The molecular formula is C7H12N2O. The second kappa shape index (κ2) is 3.21. The van der Waals surface area contributed by atoms with Crippen molar-refractivity contribution in [3.63, 3.8) is 0 Å². The summed E-state index contributed by atoms with van der Waals surface area (Å²) in [5.74, 6) is 0.468. The molecule has 0 aliphatic heterocycles. The summed E-state index contributed by atoms with van der Waals surface area (Å²) in [6.45, 7) is 5.81. The standard InChI is InChI=1S/C7H12N2O/c1-7(2,3)6(10-4)9-5-8/h1-4H3. The molecule has 0 N–H and O–H groups in total. The Hall–Kier alpha value is -1.04. The van der Waals surface area contributed by atoms with Gasteiger partial charge in [0, 0.05) is 5.41 Å². The molecule has 0 saturated carbocycles.